The number of rotatable bonds is 4. The zero-order valence-electron chi connectivity index (χ0n) is 15.5. The van der Waals surface area contributed by atoms with Crippen molar-refractivity contribution in [3.8, 4) is 17.0 Å². The summed E-state index contributed by atoms with van der Waals surface area (Å²) in [5, 5.41) is 20.1. The fraction of sp³-hybridized carbons (Fsp3) is 0.333. The topological polar surface area (TPSA) is 73.8 Å². The van der Waals surface area contributed by atoms with E-state index in [1.54, 1.807) is 12.1 Å². The summed E-state index contributed by atoms with van der Waals surface area (Å²) in [5.74, 6) is 0.149. The van der Waals surface area contributed by atoms with Crippen LogP contribution in [0.5, 0.6) is 5.75 Å². The van der Waals surface area contributed by atoms with E-state index < -0.39 is 5.95 Å². The minimum Gasteiger partial charge on any atom is -0.508 e. The Bertz CT molecular complexity index is 963. The number of aromatic amines is 1. The first-order chi connectivity index (χ1) is 12.9. The molecule has 140 valence electrons. The van der Waals surface area contributed by atoms with Crippen LogP contribution in [0.15, 0.2) is 36.4 Å². The molecule has 1 aliphatic carbocycles. The quantitative estimate of drug-likeness (QED) is 0.597. The molecule has 2 aromatic heterocycles. The molecule has 6 heteroatoms. The van der Waals surface area contributed by atoms with E-state index in [-0.39, 0.29) is 11.2 Å². The van der Waals surface area contributed by atoms with Gasteiger partial charge in [0.2, 0.25) is 5.95 Å². The lowest BCUT2D eigenvalue weighted by Crippen LogP contribution is -2.21. The van der Waals surface area contributed by atoms with Crippen LogP contribution in [0.2, 0.25) is 0 Å². The maximum absolute atomic E-state index is 14.1. The first-order valence-electron chi connectivity index (χ1n) is 9.15. The Morgan fingerprint density at radius 3 is 2.78 bits per heavy atom. The van der Waals surface area contributed by atoms with Crippen molar-refractivity contribution in [3.63, 3.8) is 0 Å². The standard InChI is InChI=1S/C21H23FN4O/c1-21(2)8-7-16-17(11-21)25-26-20(16)14-9-18(22)24-19(10-14)23-12-13-3-5-15(27)6-4-13/h3-6,9-10,27H,7-8,11-12H2,1-2H3,(H,23,24)(H,25,26). The summed E-state index contributed by atoms with van der Waals surface area (Å²) in [6.07, 6.45) is 2.98. The number of phenols is 1. The number of aromatic nitrogens is 3. The summed E-state index contributed by atoms with van der Waals surface area (Å²) < 4.78 is 14.1. The number of hydrogen-bond donors (Lipinski definition) is 3. The van der Waals surface area contributed by atoms with E-state index in [0.29, 0.717) is 12.4 Å². The molecule has 0 saturated heterocycles. The average molecular weight is 366 g/mol. The third kappa shape index (κ3) is 3.79. The summed E-state index contributed by atoms with van der Waals surface area (Å²) in [6, 6.07) is 10.1. The molecule has 0 aliphatic heterocycles. The minimum atomic E-state index is -0.534. The number of hydrogen-bond acceptors (Lipinski definition) is 4. The lowest BCUT2D eigenvalue weighted by atomic mass is 9.76. The number of nitrogens with one attached hydrogen (secondary N) is 2. The monoisotopic (exact) mass is 366 g/mol. The van der Waals surface area contributed by atoms with E-state index in [1.807, 2.05) is 18.2 Å². The van der Waals surface area contributed by atoms with Crippen molar-refractivity contribution < 1.29 is 9.50 Å². The highest BCUT2D eigenvalue weighted by Gasteiger charge is 2.29. The maximum atomic E-state index is 14.1. The Hall–Kier alpha value is -2.89. The van der Waals surface area contributed by atoms with Gasteiger partial charge in [-0.1, -0.05) is 26.0 Å². The minimum absolute atomic E-state index is 0.219. The summed E-state index contributed by atoms with van der Waals surface area (Å²) in [7, 11) is 0. The zero-order chi connectivity index (χ0) is 19.0. The van der Waals surface area contributed by atoms with Gasteiger partial charge in [-0.3, -0.25) is 5.10 Å². The Balaban J connectivity index is 1.58. The molecule has 5 nitrogen and oxygen atoms in total. The Kier molecular flexibility index (Phi) is 4.34. The van der Waals surface area contributed by atoms with Gasteiger partial charge in [0.15, 0.2) is 0 Å². The van der Waals surface area contributed by atoms with E-state index in [9.17, 15) is 9.50 Å². The molecule has 0 saturated carbocycles. The van der Waals surface area contributed by atoms with Crippen molar-refractivity contribution in [3.05, 3.63) is 59.2 Å². The highest BCUT2D eigenvalue weighted by molar-refractivity contribution is 5.67. The number of benzene rings is 1. The molecular weight excluding hydrogens is 343 g/mol. The van der Waals surface area contributed by atoms with E-state index >= 15 is 0 Å². The fourth-order valence-electron chi connectivity index (χ4n) is 3.62. The molecule has 0 bridgehead atoms. The van der Waals surface area contributed by atoms with Crippen molar-refractivity contribution in [1.82, 2.24) is 15.2 Å². The number of halogens is 1. The second-order valence-corrected chi connectivity index (χ2v) is 7.95. The van der Waals surface area contributed by atoms with Crippen molar-refractivity contribution >= 4 is 5.82 Å². The molecule has 0 atom stereocenters. The average Bonchev–Trinajstić information content (AvgIpc) is 3.02. The molecule has 0 fully saturated rings. The van der Waals surface area contributed by atoms with Gasteiger partial charge in [0.1, 0.15) is 11.6 Å². The molecule has 1 aliphatic rings. The first-order valence-corrected chi connectivity index (χ1v) is 9.15. The molecule has 2 heterocycles. The molecule has 4 rings (SSSR count). The van der Waals surface area contributed by atoms with Crippen LogP contribution in [-0.4, -0.2) is 20.3 Å². The van der Waals surface area contributed by atoms with Crippen molar-refractivity contribution in [2.24, 2.45) is 5.41 Å². The number of pyridine rings is 1. The van der Waals surface area contributed by atoms with Gasteiger partial charge in [-0.15, -0.1) is 0 Å². The first kappa shape index (κ1) is 17.5. The van der Waals surface area contributed by atoms with E-state index in [4.69, 9.17) is 0 Å². The molecule has 0 radical (unpaired) electrons. The van der Waals surface area contributed by atoms with Crippen LogP contribution in [-0.2, 0) is 19.4 Å². The number of aromatic hydroxyl groups is 1. The highest BCUT2D eigenvalue weighted by Crippen LogP contribution is 2.38. The Labute approximate surface area is 157 Å². The van der Waals surface area contributed by atoms with Gasteiger partial charge < -0.3 is 10.4 Å². The molecule has 3 N–H and O–H groups in total. The fourth-order valence-corrected chi connectivity index (χ4v) is 3.62. The number of H-pyrrole nitrogens is 1. The van der Waals surface area contributed by atoms with E-state index in [1.165, 1.54) is 11.6 Å². The van der Waals surface area contributed by atoms with Crippen molar-refractivity contribution in [1.29, 1.82) is 0 Å². The third-order valence-corrected chi connectivity index (χ3v) is 5.14. The van der Waals surface area contributed by atoms with Crippen LogP contribution < -0.4 is 5.32 Å². The van der Waals surface area contributed by atoms with Gasteiger partial charge >= 0.3 is 0 Å². The zero-order valence-corrected chi connectivity index (χ0v) is 15.5. The normalized spacial score (nSPS) is 15.4. The predicted octanol–water partition coefficient (Wildman–Crippen LogP) is 4.44. The smallest absolute Gasteiger partial charge is 0.215 e. The molecular formula is C21H23FN4O. The second-order valence-electron chi connectivity index (χ2n) is 7.95. The molecule has 0 amide bonds. The van der Waals surface area contributed by atoms with E-state index in [2.05, 4.69) is 34.3 Å². The number of nitrogens with zero attached hydrogens (tertiary/aromatic N) is 2. The van der Waals surface area contributed by atoms with Crippen LogP contribution in [0.3, 0.4) is 0 Å². The van der Waals surface area contributed by atoms with Crippen molar-refractivity contribution in [2.45, 2.75) is 39.7 Å². The van der Waals surface area contributed by atoms with E-state index in [0.717, 1.165) is 41.8 Å². The summed E-state index contributed by atoms with van der Waals surface area (Å²) >= 11 is 0. The number of anilines is 1. The maximum Gasteiger partial charge on any atom is 0.215 e. The summed E-state index contributed by atoms with van der Waals surface area (Å²) in [6.45, 7) is 5.00. The summed E-state index contributed by atoms with van der Waals surface area (Å²) in [4.78, 5) is 3.95. The molecule has 0 unspecified atom stereocenters. The van der Waals surface area contributed by atoms with Crippen LogP contribution >= 0.6 is 0 Å². The molecule has 0 spiro atoms. The summed E-state index contributed by atoms with van der Waals surface area (Å²) in [5.41, 5.74) is 5.11. The number of fused-ring (bicyclic) bond motifs is 1. The predicted molar refractivity (Wildman–Crippen MR) is 103 cm³/mol. The van der Waals surface area contributed by atoms with Gasteiger partial charge in [-0.25, -0.2) is 4.98 Å². The second kappa shape index (κ2) is 6.68. The van der Waals surface area contributed by atoms with Crippen LogP contribution in [0.4, 0.5) is 10.2 Å². The van der Waals surface area contributed by atoms with Crippen LogP contribution in [0.25, 0.3) is 11.3 Å². The van der Waals surface area contributed by atoms with Crippen LogP contribution in [0, 0.1) is 11.4 Å². The van der Waals surface area contributed by atoms with Gasteiger partial charge in [0.25, 0.3) is 0 Å². The lowest BCUT2D eigenvalue weighted by molar-refractivity contribution is 0.312. The molecule has 3 aromatic rings. The molecule has 1 aromatic carbocycles. The number of phenolic OH excluding ortho intramolecular Hbond substituents is 1. The Morgan fingerprint density at radius 2 is 2.00 bits per heavy atom. The Morgan fingerprint density at radius 1 is 1.22 bits per heavy atom. The largest absolute Gasteiger partial charge is 0.508 e. The van der Waals surface area contributed by atoms with Gasteiger partial charge in [0.05, 0.1) is 5.69 Å². The highest BCUT2D eigenvalue weighted by atomic mass is 19.1. The molecule has 27 heavy (non-hydrogen) atoms. The van der Waals surface area contributed by atoms with Gasteiger partial charge in [-0.2, -0.15) is 9.49 Å². The third-order valence-electron chi connectivity index (χ3n) is 5.14. The van der Waals surface area contributed by atoms with Crippen LogP contribution in [0.1, 0.15) is 37.1 Å². The van der Waals surface area contributed by atoms with Gasteiger partial charge in [0, 0.05) is 29.4 Å². The van der Waals surface area contributed by atoms with Gasteiger partial charge in [-0.05, 0) is 48.4 Å². The SMILES string of the molecule is CC1(C)CCc2c(-c3cc(F)nc(NCc4ccc(O)cc4)c3)n[nH]c2C1. The lowest BCUT2D eigenvalue weighted by Gasteiger charge is -2.29. The van der Waals surface area contributed by atoms with Crippen molar-refractivity contribution in [2.75, 3.05) is 5.32 Å².